The molecule has 1 saturated heterocycles. The Morgan fingerprint density at radius 3 is 2.54 bits per heavy atom. The number of para-hydroxylation sites is 2. The van der Waals surface area contributed by atoms with Crippen LogP contribution in [0.1, 0.15) is 45.4 Å². The van der Waals surface area contributed by atoms with Crippen molar-refractivity contribution < 1.29 is 9.53 Å². The van der Waals surface area contributed by atoms with Crippen molar-refractivity contribution in [1.82, 2.24) is 4.90 Å². The second-order valence-electron chi connectivity index (χ2n) is 6.96. The van der Waals surface area contributed by atoms with Gasteiger partial charge in [0.15, 0.2) is 0 Å². The zero-order chi connectivity index (χ0) is 16.8. The Morgan fingerprint density at radius 2 is 1.83 bits per heavy atom. The predicted molar refractivity (Wildman–Crippen MR) is 97.6 cm³/mol. The van der Waals surface area contributed by atoms with Gasteiger partial charge in [-0.25, -0.2) is 0 Å². The topological polar surface area (TPSA) is 32.8 Å². The van der Waals surface area contributed by atoms with Crippen molar-refractivity contribution in [3.05, 3.63) is 24.3 Å². The molecule has 3 rings (SSSR count). The highest BCUT2D eigenvalue weighted by Crippen LogP contribution is 2.30. The van der Waals surface area contributed by atoms with Crippen LogP contribution in [-0.2, 0) is 4.79 Å². The van der Waals surface area contributed by atoms with E-state index in [1.54, 1.807) is 0 Å². The molecule has 0 spiro atoms. The van der Waals surface area contributed by atoms with E-state index in [9.17, 15) is 4.79 Å². The summed E-state index contributed by atoms with van der Waals surface area (Å²) in [6.45, 7) is 6.11. The maximum atomic E-state index is 12.5. The first kappa shape index (κ1) is 17.1. The number of hydrogen-bond donors (Lipinski definition) is 0. The number of hydrogen-bond acceptors (Lipinski definition) is 3. The first-order chi connectivity index (χ1) is 11.8. The molecule has 1 aliphatic carbocycles. The quantitative estimate of drug-likeness (QED) is 0.797. The molecular formula is C20H30N2O2. The zero-order valence-electron chi connectivity index (χ0n) is 14.9. The fourth-order valence-electron chi connectivity index (χ4n) is 3.98. The minimum atomic E-state index is 0.347. The van der Waals surface area contributed by atoms with Crippen LogP contribution in [-0.4, -0.2) is 43.6 Å². The molecule has 2 fully saturated rings. The van der Waals surface area contributed by atoms with E-state index in [4.69, 9.17) is 4.74 Å². The summed E-state index contributed by atoms with van der Waals surface area (Å²) in [7, 11) is 0. The largest absolute Gasteiger partial charge is 0.492 e. The zero-order valence-corrected chi connectivity index (χ0v) is 14.9. The highest BCUT2D eigenvalue weighted by Gasteiger charge is 2.24. The molecule has 2 aliphatic rings. The van der Waals surface area contributed by atoms with Gasteiger partial charge in [0, 0.05) is 32.6 Å². The van der Waals surface area contributed by atoms with E-state index in [0.717, 1.165) is 56.4 Å². The second kappa shape index (κ2) is 8.41. The van der Waals surface area contributed by atoms with Gasteiger partial charge in [0.2, 0.25) is 5.91 Å². The molecule has 0 N–H and O–H groups in total. The van der Waals surface area contributed by atoms with Crippen LogP contribution >= 0.6 is 0 Å². The highest BCUT2D eigenvalue weighted by atomic mass is 16.5. The van der Waals surface area contributed by atoms with Crippen LogP contribution in [0, 0.1) is 5.92 Å². The normalized spacial score (nSPS) is 18.9. The monoisotopic (exact) mass is 330 g/mol. The summed E-state index contributed by atoms with van der Waals surface area (Å²) in [5.41, 5.74) is 1.15. The lowest BCUT2D eigenvalue weighted by molar-refractivity contribution is -0.131. The van der Waals surface area contributed by atoms with Gasteiger partial charge in [-0.1, -0.05) is 37.8 Å². The van der Waals surface area contributed by atoms with E-state index in [1.807, 2.05) is 19.1 Å². The molecule has 0 radical (unpaired) electrons. The van der Waals surface area contributed by atoms with E-state index >= 15 is 0 Å². The number of anilines is 1. The molecule has 4 heteroatoms. The number of nitrogens with zero attached hydrogens (tertiary/aromatic N) is 2. The molecule has 1 aliphatic heterocycles. The number of rotatable bonds is 6. The lowest BCUT2D eigenvalue weighted by Crippen LogP contribution is -2.48. The van der Waals surface area contributed by atoms with Crippen LogP contribution in [0.3, 0.4) is 0 Å². The van der Waals surface area contributed by atoms with Crippen LogP contribution in [0.5, 0.6) is 5.75 Å². The molecular weight excluding hydrogens is 300 g/mol. The fourth-order valence-corrected chi connectivity index (χ4v) is 3.98. The number of carbonyl (C=O) groups excluding carboxylic acids is 1. The maximum absolute atomic E-state index is 12.5. The molecule has 0 aromatic heterocycles. The molecule has 4 nitrogen and oxygen atoms in total. The van der Waals surface area contributed by atoms with Crippen molar-refractivity contribution in [2.24, 2.45) is 5.92 Å². The molecule has 1 heterocycles. The Morgan fingerprint density at radius 1 is 1.12 bits per heavy atom. The van der Waals surface area contributed by atoms with E-state index in [0.29, 0.717) is 12.5 Å². The number of benzene rings is 1. The minimum Gasteiger partial charge on any atom is -0.492 e. The molecule has 0 atom stereocenters. The summed E-state index contributed by atoms with van der Waals surface area (Å²) in [5, 5.41) is 0. The van der Waals surface area contributed by atoms with Crippen LogP contribution < -0.4 is 9.64 Å². The third-order valence-corrected chi connectivity index (χ3v) is 5.38. The summed E-state index contributed by atoms with van der Waals surface area (Å²) in [6.07, 6.45) is 7.20. The van der Waals surface area contributed by atoms with Crippen molar-refractivity contribution in [2.45, 2.75) is 45.4 Å². The smallest absolute Gasteiger partial charge is 0.222 e. The van der Waals surface area contributed by atoms with Crippen LogP contribution in [0.4, 0.5) is 5.69 Å². The second-order valence-corrected chi connectivity index (χ2v) is 6.96. The van der Waals surface area contributed by atoms with Gasteiger partial charge >= 0.3 is 0 Å². The van der Waals surface area contributed by atoms with E-state index in [1.165, 1.54) is 25.7 Å². The first-order valence-electron chi connectivity index (χ1n) is 9.52. The summed E-state index contributed by atoms with van der Waals surface area (Å²) in [4.78, 5) is 16.8. The van der Waals surface area contributed by atoms with Crippen LogP contribution in [0.15, 0.2) is 24.3 Å². The Balaban J connectivity index is 1.49. The summed E-state index contributed by atoms with van der Waals surface area (Å²) >= 11 is 0. The number of piperazine rings is 1. The van der Waals surface area contributed by atoms with E-state index < -0.39 is 0 Å². The standard InChI is InChI=1S/C20H30N2O2/c1-2-24-19-10-6-5-9-18(19)21-13-15-22(16-14-21)20(23)12-11-17-7-3-4-8-17/h5-6,9-10,17H,2-4,7-8,11-16H2,1H3. The third kappa shape index (κ3) is 4.22. The van der Waals surface area contributed by atoms with Gasteiger partial charge < -0.3 is 14.5 Å². The summed E-state index contributed by atoms with van der Waals surface area (Å²) < 4.78 is 5.74. The van der Waals surface area contributed by atoms with Gasteiger partial charge in [-0.15, -0.1) is 0 Å². The van der Waals surface area contributed by atoms with Gasteiger partial charge in [-0.3, -0.25) is 4.79 Å². The van der Waals surface area contributed by atoms with Gasteiger partial charge in [0.25, 0.3) is 0 Å². The predicted octanol–water partition coefficient (Wildman–Crippen LogP) is 3.70. The Hall–Kier alpha value is -1.71. The van der Waals surface area contributed by atoms with Gasteiger partial charge in [-0.05, 0) is 31.4 Å². The van der Waals surface area contributed by atoms with E-state index in [2.05, 4.69) is 21.9 Å². The van der Waals surface area contributed by atoms with Gasteiger partial charge in [0.1, 0.15) is 5.75 Å². The van der Waals surface area contributed by atoms with Crippen molar-refractivity contribution >= 4 is 11.6 Å². The molecule has 0 bridgehead atoms. The summed E-state index contributed by atoms with van der Waals surface area (Å²) in [5.74, 6) is 2.09. The molecule has 1 amide bonds. The molecule has 132 valence electrons. The first-order valence-corrected chi connectivity index (χ1v) is 9.52. The molecule has 24 heavy (non-hydrogen) atoms. The Kier molecular flexibility index (Phi) is 6.00. The Bertz CT molecular complexity index is 532. The molecule has 1 saturated carbocycles. The lowest BCUT2D eigenvalue weighted by Gasteiger charge is -2.37. The van der Waals surface area contributed by atoms with Gasteiger partial charge in [-0.2, -0.15) is 0 Å². The fraction of sp³-hybridized carbons (Fsp3) is 0.650. The number of carbonyl (C=O) groups is 1. The molecule has 1 aromatic carbocycles. The number of ether oxygens (including phenoxy) is 1. The highest BCUT2D eigenvalue weighted by molar-refractivity contribution is 5.76. The third-order valence-electron chi connectivity index (χ3n) is 5.38. The van der Waals surface area contributed by atoms with Crippen molar-refractivity contribution in [2.75, 3.05) is 37.7 Å². The van der Waals surface area contributed by atoms with Crippen LogP contribution in [0.2, 0.25) is 0 Å². The van der Waals surface area contributed by atoms with Crippen LogP contribution in [0.25, 0.3) is 0 Å². The maximum Gasteiger partial charge on any atom is 0.222 e. The summed E-state index contributed by atoms with van der Waals surface area (Å²) in [6, 6.07) is 8.20. The SMILES string of the molecule is CCOc1ccccc1N1CCN(C(=O)CCC2CCCC2)CC1. The van der Waals surface area contributed by atoms with Crippen molar-refractivity contribution in [3.8, 4) is 5.75 Å². The van der Waals surface area contributed by atoms with Crippen molar-refractivity contribution in [1.29, 1.82) is 0 Å². The average Bonchev–Trinajstić information content (AvgIpc) is 3.14. The number of amides is 1. The van der Waals surface area contributed by atoms with Gasteiger partial charge in [0.05, 0.1) is 12.3 Å². The Labute approximate surface area is 145 Å². The van der Waals surface area contributed by atoms with Crippen molar-refractivity contribution in [3.63, 3.8) is 0 Å². The minimum absolute atomic E-state index is 0.347. The lowest BCUT2D eigenvalue weighted by atomic mass is 10.0. The van der Waals surface area contributed by atoms with E-state index in [-0.39, 0.29) is 0 Å². The molecule has 1 aromatic rings. The molecule has 0 unspecified atom stereocenters. The average molecular weight is 330 g/mol.